The van der Waals surface area contributed by atoms with Gasteiger partial charge in [0.1, 0.15) is 0 Å². The predicted molar refractivity (Wildman–Crippen MR) is 46.4 cm³/mol. The van der Waals surface area contributed by atoms with Gasteiger partial charge in [0.15, 0.2) is 0 Å². The summed E-state index contributed by atoms with van der Waals surface area (Å²) in [6, 6.07) is 0. The highest BCUT2D eigenvalue weighted by molar-refractivity contribution is 5.74. The largest absolute Gasteiger partial charge is 0.481 e. The lowest BCUT2D eigenvalue weighted by Gasteiger charge is -2.17. The summed E-state index contributed by atoms with van der Waals surface area (Å²) in [4.78, 5) is 12.9. The molecule has 4 nitrogen and oxygen atoms in total. The Kier molecular flexibility index (Phi) is 2.26. The second-order valence-electron chi connectivity index (χ2n) is 3.94. The fourth-order valence-electron chi connectivity index (χ4n) is 2.38. The first-order chi connectivity index (χ1) is 6.24. The number of hydrogen-bond acceptors (Lipinski definition) is 3. The lowest BCUT2D eigenvalue weighted by molar-refractivity contribution is -0.139. The zero-order valence-electron chi connectivity index (χ0n) is 7.77. The van der Waals surface area contributed by atoms with Gasteiger partial charge in [-0.25, -0.2) is 0 Å². The SMILES string of the molecule is COCCN1CC2C(C1)C2C(=O)O. The van der Waals surface area contributed by atoms with E-state index in [1.165, 1.54) is 0 Å². The van der Waals surface area contributed by atoms with E-state index in [1.807, 2.05) is 0 Å². The fourth-order valence-corrected chi connectivity index (χ4v) is 2.38. The maximum absolute atomic E-state index is 10.7. The van der Waals surface area contributed by atoms with Gasteiger partial charge < -0.3 is 14.7 Å². The number of carbonyl (C=O) groups is 1. The molecule has 2 aliphatic rings. The number of methoxy groups -OCH3 is 1. The van der Waals surface area contributed by atoms with Crippen LogP contribution in [0, 0.1) is 17.8 Å². The van der Waals surface area contributed by atoms with Crippen molar-refractivity contribution >= 4 is 5.97 Å². The van der Waals surface area contributed by atoms with Crippen molar-refractivity contribution < 1.29 is 14.6 Å². The van der Waals surface area contributed by atoms with Crippen LogP contribution in [-0.4, -0.2) is 49.3 Å². The van der Waals surface area contributed by atoms with Crippen LogP contribution < -0.4 is 0 Å². The second-order valence-corrected chi connectivity index (χ2v) is 3.94. The van der Waals surface area contributed by atoms with E-state index >= 15 is 0 Å². The summed E-state index contributed by atoms with van der Waals surface area (Å²) in [5, 5.41) is 8.78. The highest BCUT2D eigenvalue weighted by Crippen LogP contribution is 2.51. The molecule has 0 aromatic rings. The van der Waals surface area contributed by atoms with Crippen LogP contribution in [0.15, 0.2) is 0 Å². The maximum atomic E-state index is 10.7. The Hall–Kier alpha value is -0.610. The van der Waals surface area contributed by atoms with Crippen LogP contribution in [0.4, 0.5) is 0 Å². The fraction of sp³-hybridized carbons (Fsp3) is 0.889. The van der Waals surface area contributed by atoms with Crippen molar-refractivity contribution in [3.63, 3.8) is 0 Å². The lowest BCUT2D eigenvalue weighted by atomic mass is 10.2. The predicted octanol–water partition coefficient (Wildman–Crippen LogP) is -0.105. The van der Waals surface area contributed by atoms with Gasteiger partial charge in [-0.1, -0.05) is 0 Å². The molecular weight excluding hydrogens is 170 g/mol. The molecule has 2 fully saturated rings. The molecule has 2 unspecified atom stereocenters. The van der Waals surface area contributed by atoms with Gasteiger partial charge >= 0.3 is 5.97 Å². The monoisotopic (exact) mass is 185 g/mol. The molecule has 1 saturated carbocycles. The van der Waals surface area contributed by atoms with E-state index < -0.39 is 5.97 Å². The van der Waals surface area contributed by atoms with Gasteiger partial charge in [-0.05, 0) is 11.8 Å². The molecule has 1 heterocycles. The molecule has 2 rings (SSSR count). The minimum absolute atomic E-state index is 0.0428. The molecule has 0 amide bonds. The average Bonchev–Trinajstić information content (AvgIpc) is 2.61. The molecule has 2 atom stereocenters. The number of piperidine rings is 1. The van der Waals surface area contributed by atoms with Crippen molar-refractivity contribution in [3.8, 4) is 0 Å². The van der Waals surface area contributed by atoms with Gasteiger partial charge in [-0.2, -0.15) is 0 Å². The summed E-state index contributed by atoms with van der Waals surface area (Å²) in [6.07, 6.45) is 0. The van der Waals surface area contributed by atoms with Gasteiger partial charge in [-0.3, -0.25) is 4.79 Å². The zero-order chi connectivity index (χ0) is 9.42. The Morgan fingerprint density at radius 2 is 2.15 bits per heavy atom. The van der Waals surface area contributed by atoms with E-state index in [1.54, 1.807) is 7.11 Å². The van der Waals surface area contributed by atoms with Crippen molar-refractivity contribution in [1.82, 2.24) is 4.90 Å². The zero-order valence-corrected chi connectivity index (χ0v) is 7.77. The third-order valence-electron chi connectivity index (χ3n) is 3.17. The molecule has 1 aliphatic carbocycles. The number of likely N-dealkylation sites (tertiary alicyclic amines) is 1. The van der Waals surface area contributed by atoms with Crippen molar-refractivity contribution in [1.29, 1.82) is 0 Å². The molecule has 1 saturated heterocycles. The summed E-state index contributed by atoms with van der Waals surface area (Å²) < 4.78 is 4.97. The highest BCUT2D eigenvalue weighted by Gasteiger charge is 2.59. The topological polar surface area (TPSA) is 49.8 Å². The van der Waals surface area contributed by atoms with Gasteiger partial charge in [-0.15, -0.1) is 0 Å². The van der Waals surface area contributed by atoms with Crippen LogP contribution in [0.5, 0.6) is 0 Å². The molecule has 0 radical (unpaired) electrons. The Morgan fingerprint density at radius 1 is 1.54 bits per heavy atom. The van der Waals surface area contributed by atoms with Crippen molar-refractivity contribution in [2.24, 2.45) is 17.8 Å². The van der Waals surface area contributed by atoms with Gasteiger partial charge in [0, 0.05) is 26.7 Å². The Bertz CT molecular complexity index is 207. The molecule has 1 N–H and O–H groups in total. The maximum Gasteiger partial charge on any atom is 0.307 e. The Balaban J connectivity index is 1.74. The molecular formula is C9H15NO3. The minimum Gasteiger partial charge on any atom is -0.481 e. The quantitative estimate of drug-likeness (QED) is 0.664. The average molecular weight is 185 g/mol. The second kappa shape index (κ2) is 3.27. The first kappa shape index (κ1) is 8.97. The first-order valence-corrected chi connectivity index (χ1v) is 4.68. The number of nitrogens with zero attached hydrogens (tertiary/aromatic N) is 1. The molecule has 0 bridgehead atoms. The summed E-state index contributed by atoms with van der Waals surface area (Å²) >= 11 is 0. The smallest absolute Gasteiger partial charge is 0.307 e. The van der Waals surface area contributed by atoms with E-state index in [4.69, 9.17) is 9.84 Å². The third-order valence-corrected chi connectivity index (χ3v) is 3.17. The van der Waals surface area contributed by atoms with E-state index in [0.717, 1.165) is 26.2 Å². The molecule has 1 aliphatic heterocycles. The van der Waals surface area contributed by atoms with E-state index in [9.17, 15) is 4.79 Å². The summed E-state index contributed by atoms with van der Waals surface area (Å²) in [5.74, 6) is 0.198. The summed E-state index contributed by atoms with van der Waals surface area (Å²) in [6.45, 7) is 3.59. The van der Waals surface area contributed by atoms with Crippen molar-refractivity contribution in [3.05, 3.63) is 0 Å². The van der Waals surface area contributed by atoms with E-state index in [-0.39, 0.29) is 5.92 Å². The lowest BCUT2D eigenvalue weighted by Crippen LogP contribution is -2.29. The van der Waals surface area contributed by atoms with Crippen LogP contribution in [0.1, 0.15) is 0 Å². The molecule has 0 spiro atoms. The molecule has 0 aromatic heterocycles. The minimum atomic E-state index is -0.610. The van der Waals surface area contributed by atoms with Crippen LogP contribution >= 0.6 is 0 Å². The number of hydrogen-bond donors (Lipinski definition) is 1. The van der Waals surface area contributed by atoms with Gasteiger partial charge in [0.05, 0.1) is 12.5 Å². The molecule has 74 valence electrons. The number of rotatable bonds is 4. The van der Waals surface area contributed by atoms with Gasteiger partial charge in [0.2, 0.25) is 0 Å². The molecule has 0 aromatic carbocycles. The summed E-state index contributed by atoms with van der Waals surface area (Å²) in [7, 11) is 1.69. The highest BCUT2D eigenvalue weighted by atomic mass is 16.5. The Morgan fingerprint density at radius 3 is 2.62 bits per heavy atom. The number of aliphatic carboxylic acids is 1. The third kappa shape index (κ3) is 1.56. The summed E-state index contributed by atoms with van der Waals surface area (Å²) in [5.41, 5.74) is 0. The molecule has 4 heteroatoms. The normalized spacial score (nSPS) is 37.5. The number of carboxylic acid groups (broad SMARTS) is 1. The van der Waals surface area contributed by atoms with Crippen molar-refractivity contribution in [2.75, 3.05) is 33.4 Å². The number of ether oxygens (including phenoxy) is 1. The van der Waals surface area contributed by atoms with E-state index in [2.05, 4.69) is 4.90 Å². The first-order valence-electron chi connectivity index (χ1n) is 4.68. The molecule has 13 heavy (non-hydrogen) atoms. The van der Waals surface area contributed by atoms with E-state index in [0.29, 0.717) is 11.8 Å². The Labute approximate surface area is 77.5 Å². The number of fused-ring (bicyclic) bond motifs is 1. The number of carboxylic acids is 1. The standard InChI is InChI=1S/C9H15NO3/c1-13-3-2-10-4-6-7(5-10)8(6)9(11)12/h6-8H,2-5H2,1H3,(H,11,12). The van der Waals surface area contributed by atoms with Crippen LogP contribution in [0.25, 0.3) is 0 Å². The van der Waals surface area contributed by atoms with Crippen molar-refractivity contribution in [2.45, 2.75) is 0 Å². The van der Waals surface area contributed by atoms with Crippen LogP contribution in [0.2, 0.25) is 0 Å². The van der Waals surface area contributed by atoms with Crippen LogP contribution in [-0.2, 0) is 9.53 Å². The van der Waals surface area contributed by atoms with Crippen LogP contribution in [0.3, 0.4) is 0 Å². The van der Waals surface area contributed by atoms with Gasteiger partial charge in [0.25, 0.3) is 0 Å².